The van der Waals surface area contributed by atoms with Crippen LogP contribution in [0.5, 0.6) is 0 Å². The van der Waals surface area contributed by atoms with Gasteiger partial charge in [-0.1, -0.05) is 6.92 Å². The van der Waals surface area contributed by atoms with Crippen LogP contribution in [0.25, 0.3) is 0 Å². The zero-order chi connectivity index (χ0) is 16.2. The van der Waals surface area contributed by atoms with Gasteiger partial charge in [-0.15, -0.1) is 0 Å². The second kappa shape index (κ2) is 5.31. The maximum absolute atomic E-state index is 12.5. The highest BCUT2D eigenvalue weighted by molar-refractivity contribution is 5.88. The number of aliphatic hydroxyl groups excluding tert-OH is 1. The van der Waals surface area contributed by atoms with Crippen molar-refractivity contribution in [1.29, 1.82) is 0 Å². The van der Waals surface area contributed by atoms with Crippen molar-refractivity contribution in [1.82, 2.24) is 4.90 Å². The summed E-state index contributed by atoms with van der Waals surface area (Å²) >= 11 is 0. The highest BCUT2D eigenvalue weighted by Crippen LogP contribution is 2.55. The highest BCUT2D eigenvalue weighted by atomic mass is 16.6. The Balaban J connectivity index is 1.99. The fourth-order valence-corrected chi connectivity index (χ4v) is 5.20. The topological polar surface area (TPSA) is 66.8 Å². The monoisotopic (exact) mass is 309 g/mol. The van der Waals surface area contributed by atoms with E-state index in [0.29, 0.717) is 13.0 Å². The third-order valence-corrected chi connectivity index (χ3v) is 6.35. The molecule has 3 rings (SSSR count). The standard InChI is InChI=1S/C17H27NO4/c1-9-7-12-14(10(8-18(3)4)16(21)22-12)15(20)17(2)11(9)5-6-13(17)19/h9-12,14-15,20H,5-8H2,1-4H3/t9-,10?,11+,12-,14-,15+,17+/m1/s1. The minimum Gasteiger partial charge on any atom is -0.462 e. The van der Waals surface area contributed by atoms with Crippen LogP contribution in [0.4, 0.5) is 0 Å². The second-order valence-electron chi connectivity index (χ2n) is 7.93. The lowest BCUT2D eigenvalue weighted by Gasteiger charge is -2.38. The van der Waals surface area contributed by atoms with Gasteiger partial charge in [0, 0.05) is 18.9 Å². The number of rotatable bonds is 2. The summed E-state index contributed by atoms with van der Waals surface area (Å²) in [6.45, 7) is 4.59. The van der Waals surface area contributed by atoms with E-state index in [1.54, 1.807) is 0 Å². The molecule has 0 amide bonds. The van der Waals surface area contributed by atoms with Crippen LogP contribution >= 0.6 is 0 Å². The Morgan fingerprint density at radius 2 is 2.05 bits per heavy atom. The molecule has 0 aromatic heterocycles. The first kappa shape index (κ1) is 15.9. The average Bonchev–Trinajstić information content (AvgIpc) is 2.86. The van der Waals surface area contributed by atoms with E-state index in [0.717, 1.165) is 12.8 Å². The third-order valence-electron chi connectivity index (χ3n) is 6.35. The summed E-state index contributed by atoms with van der Waals surface area (Å²) in [6.07, 6.45) is 1.11. The normalized spacial score (nSPS) is 48.1. The number of esters is 1. The zero-order valence-electron chi connectivity index (χ0n) is 13.9. The molecule has 1 unspecified atom stereocenters. The number of fused-ring (bicyclic) bond motifs is 2. The Kier molecular flexibility index (Phi) is 3.84. The lowest BCUT2D eigenvalue weighted by atomic mass is 9.67. The molecule has 0 radical (unpaired) electrons. The predicted molar refractivity (Wildman–Crippen MR) is 81.0 cm³/mol. The van der Waals surface area contributed by atoms with Crippen LogP contribution < -0.4 is 0 Å². The minimum absolute atomic E-state index is 0.153. The highest BCUT2D eigenvalue weighted by Gasteiger charge is 2.62. The first-order chi connectivity index (χ1) is 10.3. The van der Waals surface area contributed by atoms with Crippen LogP contribution in [0.2, 0.25) is 0 Å². The average molecular weight is 309 g/mol. The molecule has 5 heteroatoms. The van der Waals surface area contributed by atoms with Crippen LogP contribution in [0.3, 0.4) is 0 Å². The second-order valence-corrected chi connectivity index (χ2v) is 7.93. The van der Waals surface area contributed by atoms with Gasteiger partial charge in [-0.3, -0.25) is 9.59 Å². The Morgan fingerprint density at radius 1 is 1.36 bits per heavy atom. The SMILES string of the molecule is C[C@@H]1C[C@H]2OC(=O)C(CN(C)C)[C@H]2[C@H](O)[C@]2(C)C(=O)CC[C@@H]12. The van der Waals surface area contributed by atoms with E-state index in [9.17, 15) is 14.7 Å². The summed E-state index contributed by atoms with van der Waals surface area (Å²) in [5.41, 5.74) is -0.725. The molecule has 124 valence electrons. The number of carbonyl (C=O) groups excluding carboxylic acids is 2. The van der Waals surface area contributed by atoms with E-state index in [1.807, 2.05) is 25.9 Å². The van der Waals surface area contributed by atoms with Gasteiger partial charge in [0.15, 0.2) is 0 Å². The van der Waals surface area contributed by atoms with Crippen LogP contribution in [0, 0.1) is 29.1 Å². The van der Waals surface area contributed by atoms with Gasteiger partial charge in [0.2, 0.25) is 0 Å². The molecule has 2 aliphatic carbocycles. The summed E-state index contributed by atoms with van der Waals surface area (Å²) in [5, 5.41) is 11.1. The van der Waals surface area contributed by atoms with Gasteiger partial charge in [-0.2, -0.15) is 0 Å². The van der Waals surface area contributed by atoms with E-state index in [4.69, 9.17) is 4.74 Å². The van der Waals surface area contributed by atoms with E-state index >= 15 is 0 Å². The van der Waals surface area contributed by atoms with Gasteiger partial charge in [-0.25, -0.2) is 0 Å². The maximum Gasteiger partial charge on any atom is 0.311 e. The van der Waals surface area contributed by atoms with Crippen LogP contribution in [-0.4, -0.2) is 54.6 Å². The maximum atomic E-state index is 12.5. The van der Waals surface area contributed by atoms with E-state index < -0.39 is 11.5 Å². The molecule has 5 nitrogen and oxygen atoms in total. The van der Waals surface area contributed by atoms with Gasteiger partial charge >= 0.3 is 5.97 Å². The summed E-state index contributed by atoms with van der Waals surface area (Å²) < 4.78 is 5.61. The van der Waals surface area contributed by atoms with Crippen molar-refractivity contribution < 1.29 is 19.4 Å². The molecule has 1 aliphatic heterocycles. The number of ether oxygens (including phenoxy) is 1. The molecule has 0 aromatic carbocycles. The summed E-state index contributed by atoms with van der Waals surface area (Å²) in [5.74, 6) is -0.199. The number of carbonyl (C=O) groups is 2. The number of hydrogen-bond donors (Lipinski definition) is 1. The van der Waals surface area contributed by atoms with E-state index in [2.05, 4.69) is 6.92 Å². The fourth-order valence-electron chi connectivity index (χ4n) is 5.20. The van der Waals surface area contributed by atoms with Gasteiger partial charge in [0.1, 0.15) is 11.9 Å². The quantitative estimate of drug-likeness (QED) is 0.774. The molecular formula is C17H27NO4. The number of Topliss-reactive ketones (excluding diaryl/α,β-unsaturated/α-hetero) is 1. The lowest BCUT2D eigenvalue weighted by Crippen LogP contribution is -2.49. The molecule has 3 fully saturated rings. The molecule has 0 spiro atoms. The largest absolute Gasteiger partial charge is 0.462 e. The molecule has 0 bridgehead atoms. The fraction of sp³-hybridized carbons (Fsp3) is 0.882. The molecule has 7 atom stereocenters. The minimum atomic E-state index is -0.793. The molecule has 22 heavy (non-hydrogen) atoms. The molecular weight excluding hydrogens is 282 g/mol. The smallest absolute Gasteiger partial charge is 0.311 e. The van der Waals surface area contributed by atoms with Gasteiger partial charge < -0.3 is 14.7 Å². The first-order valence-electron chi connectivity index (χ1n) is 8.33. The molecule has 0 aromatic rings. The number of aliphatic hydroxyl groups is 1. The summed E-state index contributed by atoms with van der Waals surface area (Å²) in [4.78, 5) is 26.8. The lowest BCUT2D eigenvalue weighted by molar-refractivity contribution is -0.145. The number of hydrogen-bond acceptors (Lipinski definition) is 5. The molecule has 3 aliphatic rings. The van der Waals surface area contributed by atoms with Crippen LogP contribution in [0.15, 0.2) is 0 Å². The van der Waals surface area contributed by atoms with E-state index in [1.165, 1.54) is 0 Å². The molecule has 2 saturated carbocycles. The molecule has 1 heterocycles. The van der Waals surface area contributed by atoms with E-state index in [-0.39, 0.29) is 41.5 Å². The van der Waals surface area contributed by atoms with Gasteiger partial charge in [0.25, 0.3) is 0 Å². The summed E-state index contributed by atoms with van der Waals surface area (Å²) in [7, 11) is 3.83. The third kappa shape index (κ3) is 2.13. The zero-order valence-corrected chi connectivity index (χ0v) is 13.9. The van der Waals surface area contributed by atoms with Crippen molar-refractivity contribution in [3.05, 3.63) is 0 Å². The number of nitrogens with zero attached hydrogens (tertiary/aromatic N) is 1. The van der Waals surface area contributed by atoms with Crippen molar-refractivity contribution in [3.8, 4) is 0 Å². The summed E-state index contributed by atoms with van der Waals surface area (Å²) in [6, 6.07) is 0. The van der Waals surface area contributed by atoms with Crippen molar-refractivity contribution in [3.63, 3.8) is 0 Å². The van der Waals surface area contributed by atoms with Crippen LogP contribution in [0.1, 0.15) is 33.1 Å². The Morgan fingerprint density at radius 3 is 2.68 bits per heavy atom. The predicted octanol–water partition coefficient (Wildman–Crippen LogP) is 1.09. The first-order valence-corrected chi connectivity index (χ1v) is 8.33. The van der Waals surface area contributed by atoms with Crippen molar-refractivity contribution in [2.45, 2.75) is 45.3 Å². The van der Waals surface area contributed by atoms with Gasteiger partial charge in [-0.05, 0) is 45.7 Å². The Bertz CT molecular complexity index is 491. The molecule has 1 N–H and O–H groups in total. The van der Waals surface area contributed by atoms with Crippen molar-refractivity contribution >= 4 is 11.8 Å². The Hall–Kier alpha value is -0.940. The van der Waals surface area contributed by atoms with Crippen molar-refractivity contribution in [2.75, 3.05) is 20.6 Å². The van der Waals surface area contributed by atoms with Crippen LogP contribution in [-0.2, 0) is 14.3 Å². The number of ketones is 1. The van der Waals surface area contributed by atoms with Gasteiger partial charge in [0.05, 0.1) is 17.4 Å². The van der Waals surface area contributed by atoms with Crippen molar-refractivity contribution in [2.24, 2.45) is 29.1 Å². The molecule has 1 saturated heterocycles. The Labute approximate surface area is 132 Å².